The van der Waals surface area contributed by atoms with E-state index in [0.29, 0.717) is 11.6 Å². The molecule has 1 unspecified atom stereocenters. The summed E-state index contributed by atoms with van der Waals surface area (Å²) >= 11 is 1.53. The lowest BCUT2D eigenvalue weighted by Crippen LogP contribution is -2.11. The summed E-state index contributed by atoms with van der Waals surface area (Å²) in [5.74, 6) is 1.36. The summed E-state index contributed by atoms with van der Waals surface area (Å²) in [7, 11) is 1.63. The molecule has 28 heavy (non-hydrogen) atoms. The van der Waals surface area contributed by atoms with Gasteiger partial charge in [-0.1, -0.05) is 11.3 Å². The van der Waals surface area contributed by atoms with Gasteiger partial charge in [0.15, 0.2) is 0 Å². The summed E-state index contributed by atoms with van der Waals surface area (Å²) in [5, 5.41) is 22.7. The lowest BCUT2D eigenvalue weighted by atomic mass is 10.1. The number of hydrogen-bond donors (Lipinski definition) is 1. The van der Waals surface area contributed by atoms with Crippen LogP contribution in [0.25, 0.3) is 21.5 Å². The molecular weight excluding hydrogens is 374 g/mol. The molecule has 0 saturated heterocycles. The van der Waals surface area contributed by atoms with Gasteiger partial charge >= 0.3 is 0 Å². The van der Waals surface area contributed by atoms with Crippen LogP contribution in [0.15, 0.2) is 30.6 Å². The van der Waals surface area contributed by atoms with Crippen molar-refractivity contribution in [3.63, 3.8) is 0 Å². The molecule has 8 nitrogen and oxygen atoms in total. The topological polar surface area (TPSA) is 98.6 Å². The second-order valence-electron chi connectivity index (χ2n) is 6.39. The van der Waals surface area contributed by atoms with Crippen LogP contribution in [0.4, 0.5) is 5.82 Å². The molecule has 0 aliphatic heterocycles. The van der Waals surface area contributed by atoms with E-state index in [9.17, 15) is 0 Å². The number of anilines is 1. The highest BCUT2D eigenvalue weighted by Crippen LogP contribution is 2.35. The van der Waals surface area contributed by atoms with E-state index >= 15 is 0 Å². The molecule has 3 heterocycles. The maximum absolute atomic E-state index is 5.57. The third-order valence-electron chi connectivity index (χ3n) is 4.31. The second-order valence-corrected chi connectivity index (χ2v) is 7.57. The molecule has 3 aromatic heterocycles. The molecule has 0 saturated carbocycles. The lowest BCUT2D eigenvalue weighted by molar-refractivity contribution is 0.419. The summed E-state index contributed by atoms with van der Waals surface area (Å²) in [6, 6.07) is 7.75. The Balaban J connectivity index is 1.78. The van der Waals surface area contributed by atoms with Crippen molar-refractivity contribution in [3.05, 3.63) is 47.0 Å². The molecule has 142 valence electrons. The first-order valence-electron chi connectivity index (χ1n) is 8.75. The SMILES string of the molecule is COc1cc(-c2nnc(C)s2)cc2c(NC(C)c3ccc(C)nn3)ncnc12. The Hall–Kier alpha value is -3.20. The zero-order chi connectivity index (χ0) is 19.7. The third-order valence-corrected chi connectivity index (χ3v) is 5.20. The third kappa shape index (κ3) is 3.48. The first-order chi connectivity index (χ1) is 13.5. The van der Waals surface area contributed by atoms with Crippen molar-refractivity contribution in [2.45, 2.75) is 26.8 Å². The van der Waals surface area contributed by atoms with Crippen LogP contribution in [0.1, 0.15) is 29.4 Å². The van der Waals surface area contributed by atoms with Crippen LogP contribution >= 0.6 is 11.3 Å². The number of methoxy groups -OCH3 is 1. The Labute approximate surface area is 166 Å². The number of benzene rings is 1. The molecule has 0 aliphatic rings. The summed E-state index contributed by atoms with van der Waals surface area (Å²) in [6.07, 6.45) is 1.52. The number of nitrogens with one attached hydrogen (secondary N) is 1. The van der Waals surface area contributed by atoms with E-state index in [1.807, 2.05) is 45.0 Å². The van der Waals surface area contributed by atoms with Gasteiger partial charge in [-0.05, 0) is 45.0 Å². The van der Waals surface area contributed by atoms with Gasteiger partial charge in [0.25, 0.3) is 0 Å². The average Bonchev–Trinajstić information content (AvgIpc) is 3.14. The van der Waals surface area contributed by atoms with Crippen molar-refractivity contribution in [2.75, 3.05) is 12.4 Å². The van der Waals surface area contributed by atoms with E-state index in [0.717, 1.165) is 37.9 Å². The monoisotopic (exact) mass is 393 g/mol. The van der Waals surface area contributed by atoms with E-state index < -0.39 is 0 Å². The van der Waals surface area contributed by atoms with Crippen LogP contribution in [0, 0.1) is 13.8 Å². The fourth-order valence-electron chi connectivity index (χ4n) is 2.86. The Bertz CT molecular complexity index is 1130. The molecule has 0 aliphatic carbocycles. The van der Waals surface area contributed by atoms with Gasteiger partial charge in [0.05, 0.1) is 24.5 Å². The van der Waals surface area contributed by atoms with Crippen LogP contribution in [-0.4, -0.2) is 37.5 Å². The highest BCUT2D eigenvalue weighted by atomic mass is 32.1. The predicted molar refractivity (Wildman–Crippen MR) is 109 cm³/mol. The first-order valence-corrected chi connectivity index (χ1v) is 9.57. The van der Waals surface area contributed by atoms with E-state index in [2.05, 4.69) is 35.7 Å². The number of fused-ring (bicyclic) bond motifs is 1. The minimum Gasteiger partial charge on any atom is -0.494 e. The van der Waals surface area contributed by atoms with Gasteiger partial charge in [0.2, 0.25) is 0 Å². The van der Waals surface area contributed by atoms with E-state index in [4.69, 9.17) is 4.74 Å². The molecule has 0 amide bonds. The van der Waals surface area contributed by atoms with Crippen LogP contribution in [-0.2, 0) is 0 Å². The normalized spacial score (nSPS) is 12.1. The molecule has 4 aromatic rings. The zero-order valence-corrected chi connectivity index (χ0v) is 16.8. The summed E-state index contributed by atoms with van der Waals surface area (Å²) in [6.45, 7) is 5.86. The maximum Gasteiger partial charge on any atom is 0.147 e. The van der Waals surface area contributed by atoms with Crippen LogP contribution in [0.5, 0.6) is 5.75 Å². The van der Waals surface area contributed by atoms with Crippen LogP contribution in [0.2, 0.25) is 0 Å². The van der Waals surface area contributed by atoms with Gasteiger partial charge in [-0.2, -0.15) is 10.2 Å². The molecule has 0 spiro atoms. The Morgan fingerprint density at radius 2 is 1.89 bits per heavy atom. The number of rotatable bonds is 5. The molecule has 9 heteroatoms. The lowest BCUT2D eigenvalue weighted by Gasteiger charge is -2.16. The number of ether oxygens (including phenoxy) is 1. The standard InChI is InChI=1S/C19H19N7OS/c1-10-5-6-15(25-23-10)11(2)22-18-14-7-13(19-26-24-12(3)28-19)8-16(27-4)17(14)20-9-21-18/h5-9,11H,1-4H3,(H,20,21,22). The first kappa shape index (κ1) is 18.2. The minimum atomic E-state index is -0.0791. The summed E-state index contributed by atoms with van der Waals surface area (Å²) in [4.78, 5) is 8.85. The maximum atomic E-state index is 5.57. The fraction of sp³-hybridized carbons (Fsp3) is 0.263. The van der Waals surface area contributed by atoms with Gasteiger partial charge in [-0.3, -0.25) is 0 Å². The molecule has 4 rings (SSSR count). The van der Waals surface area contributed by atoms with Crippen LogP contribution < -0.4 is 10.1 Å². The van der Waals surface area contributed by atoms with E-state index in [1.54, 1.807) is 7.11 Å². The molecule has 1 atom stereocenters. The van der Waals surface area contributed by atoms with Crippen molar-refractivity contribution >= 4 is 28.1 Å². The van der Waals surface area contributed by atoms with Gasteiger partial charge in [-0.25, -0.2) is 9.97 Å². The quantitative estimate of drug-likeness (QED) is 0.547. The second kappa shape index (κ2) is 7.43. The number of aromatic nitrogens is 6. The number of aryl methyl sites for hydroxylation is 2. The molecular formula is C19H19N7OS. The van der Waals surface area contributed by atoms with Gasteiger partial charge in [-0.15, -0.1) is 10.2 Å². The molecule has 1 N–H and O–H groups in total. The fourth-order valence-corrected chi connectivity index (χ4v) is 3.54. The van der Waals surface area contributed by atoms with Crippen molar-refractivity contribution in [1.82, 2.24) is 30.4 Å². The van der Waals surface area contributed by atoms with E-state index in [-0.39, 0.29) is 6.04 Å². The largest absolute Gasteiger partial charge is 0.494 e. The van der Waals surface area contributed by atoms with Gasteiger partial charge in [0.1, 0.15) is 33.4 Å². The number of hydrogen-bond acceptors (Lipinski definition) is 9. The number of nitrogens with zero attached hydrogens (tertiary/aromatic N) is 6. The van der Waals surface area contributed by atoms with Crippen LogP contribution in [0.3, 0.4) is 0 Å². The Kier molecular flexibility index (Phi) is 4.82. The van der Waals surface area contributed by atoms with Gasteiger partial charge < -0.3 is 10.1 Å². The van der Waals surface area contributed by atoms with Crippen molar-refractivity contribution < 1.29 is 4.74 Å². The highest BCUT2D eigenvalue weighted by Gasteiger charge is 2.16. The molecule has 0 fully saturated rings. The Morgan fingerprint density at radius 1 is 1.04 bits per heavy atom. The van der Waals surface area contributed by atoms with Crippen molar-refractivity contribution in [1.29, 1.82) is 0 Å². The van der Waals surface area contributed by atoms with E-state index in [1.165, 1.54) is 17.7 Å². The predicted octanol–water partition coefficient (Wildman–Crippen LogP) is 3.74. The smallest absolute Gasteiger partial charge is 0.147 e. The summed E-state index contributed by atoms with van der Waals surface area (Å²) < 4.78 is 5.57. The summed E-state index contributed by atoms with van der Waals surface area (Å²) in [5.41, 5.74) is 3.35. The van der Waals surface area contributed by atoms with Crippen molar-refractivity contribution in [2.24, 2.45) is 0 Å². The molecule has 0 radical (unpaired) electrons. The Morgan fingerprint density at radius 3 is 2.57 bits per heavy atom. The van der Waals surface area contributed by atoms with Crippen molar-refractivity contribution in [3.8, 4) is 16.3 Å². The minimum absolute atomic E-state index is 0.0791. The molecule has 0 bridgehead atoms. The molecule has 1 aromatic carbocycles. The zero-order valence-electron chi connectivity index (χ0n) is 16.0. The highest BCUT2D eigenvalue weighted by molar-refractivity contribution is 7.14. The van der Waals surface area contributed by atoms with Gasteiger partial charge in [0, 0.05) is 10.9 Å². The average molecular weight is 393 g/mol.